The van der Waals surface area contributed by atoms with Crippen molar-refractivity contribution in [3.63, 3.8) is 0 Å². The van der Waals surface area contributed by atoms with Crippen molar-refractivity contribution in [1.82, 2.24) is 5.32 Å². The first-order valence-corrected chi connectivity index (χ1v) is 8.07. The number of benzene rings is 1. The third-order valence-corrected chi connectivity index (χ3v) is 3.10. The van der Waals surface area contributed by atoms with E-state index in [2.05, 4.69) is 10.6 Å². The summed E-state index contributed by atoms with van der Waals surface area (Å²) in [5.41, 5.74) is 1.59. The molecule has 0 unspecified atom stereocenters. The highest BCUT2D eigenvalue weighted by atomic mass is 16.6. The Kier molecular flexibility index (Phi) is 6.97. The molecule has 2 amide bonds. The molecule has 7 nitrogen and oxygen atoms in total. The molecule has 0 saturated carbocycles. The largest absolute Gasteiger partial charge is 0.464 e. The van der Waals surface area contributed by atoms with Gasteiger partial charge in [0.25, 0.3) is 5.91 Å². The van der Waals surface area contributed by atoms with Crippen LogP contribution in [0.25, 0.3) is 0 Å². The van der Waals surface area contributed by atoms with Crippen molar-refractivity contribution in [1.29, 1.82) is 0 Å². The molecule has 0 aliphatic rings. The van der Waals surface area contributed by atoms with E-state index in [0.29, 0.717) is 5.69 Å². The number of carbonyl (C=O) groups excluding carboxylic acids is 3. The number of esters is 1. The second-order valence-electron chi connectivity index (χ2n) is 6.64. The highest BCUT2D eigenvalue weighted by Gasteiger charge is 2.32. The summed E-state index contributed by atoms with van der Waals surface area (Å²) in [4.78, 5) is 36.5. The second-order valence-corrected chi connectivity index (χ2v) is 6.64. The Morgan fingerprint density at radius 2 is 1.80 bits per heavy atom. The summed E-state index contributed by atoms with van der Waals surface area (Å²) in [6.07, 6.45) is -0.873. The fraction of sp³-hybridized carbons (Fsp3) is 0.500. The number of amides is 2. The van der Waals surface area contributed by atoms with Crippen molar-refractivity contribution >= 4 is 23.7 Å². The number of hydrogen-bond donors (Lipinski definition) is 2. The summed E-state index contributed by atoms with van der Waals surface area (Å²) in [6.45, 7) is 10.5. The summed E-state index contributed by atoms with van der Waals surface area (Å²) in [5, 5.41) is 4.91. The normalized spacial score (nSPS) is 12.1. The Hall–Kier alpha value is -2.57. The van der Waals surface area contributed by atoms with Crippen LogP contribution in [0.5, 0.6) is 0 Å². The third-order valence-electron chi connectivity index (χ3n) is 3.10. The Morgan fingerprint density at radius 3 is 2.36 bits per heavy atom. The minimum atomic E-state index is -1.50. The second kappa shape index (κ2) is 8.50. The first-order valence-electron chi connectivity index (χ1n) is 8.07. The maximum absolute atomic E-state index is 12.5. The quantitative estimate of drug-likeness (QED) is 0.629. The predicted molar refractivity (Wildman–Crippen MR) is 94.3 cm³/mol. The maximum atomic E-state index is 12.5. The van der Waals surface area contributed by atoms with Crippen LogP contribution in [0.1, 0.15) is 38.8 Å². The van der Waals surface area contributed by atoms with Gasteiger partial charge >= 0.3 is 12.1 Å². The van der Waals surface area contributed by atoms with Gasteiger partial charge in [-0.15, -0.1) is 0 Å². The number of nitrogens with one attached hydrogen (secondary N) is 2. The third kappa shape index (κ3) is 6.82. The van der Waals surface area contributed by atoms with Crippen LogP contribution in [0, 0.1) is 13.8 Å². The van der Waals surface area contributed by atoms with Gasteiger partial charge in [-0.05, 0) is 58.7 Å². The first kappa shape index (κ1) is 20.5. The van der Waals surface area contributed by atoms with Gasteiger partial charge in [0.05, 0.1) is 6.61 Å². The van der Waals surface area contributed by atoms with E-state index >= 15 is 0 Å². The van der Waals surface area contributed by atoms with Crippen LogP contribution in [0.4, 0.5) is 10.5 Å². The molecule has 1 aromatic carbocycles. The summed E-state index contributed by atoms with van der Waals surface area (Å²) < 4.78 is 9.98. The lowest BCUT2D eigenvalue weighted by Gasteiger charge is -2.22. The zero-order chi connectivity index (χ0) is 19.2. The molecule has 1 atom stereocenters. The van der Waals surface area contributed by atoms with E-state index in [1.54, 1.807) is 33.8 Å². The van der Waals surface area contributed by atoms with Crippen molar-refractivity contribution in [2.24, 2.45) is 0 Å². The lowest BCUT2D eigenvalue weighted by Crippen LogP contribution is -2.51. The zero-order valence-electron chi connectivity index (χ0n) is 15.6. The van der Waals surface area contributed by atoms with E-state index in [0.717, 1.165) is 11.1 Å². The van der Waals surface area contributed by atoms with Crippen LogP contribution >= 0.6 is 0 Å². The lowest BCUT2D eigenvalue weighted by atomic mass is 10.1. The van der Waals surface area contributed by atoms with Gasteiger partial charge in [-0.2, -0.15) is 0 Å². The van der Waals surface area contributed by atoms with Gasteiger partial charge in [0.2, 0.25) is 6.04 Å². The summed E-state index contributed by atoms with van der Waals surface area (Å²) >= 11 is 0. The molecule has 2 N–H and O–H groups in total. The number of anilines is 1. The van der Waals surface area contributed by atoms with Crippen molar-refractivity contribution in [2.75, 3.05) is 11.9 Å². The van der Waals surface area contributed by atoms with Crippen LogP contribution < -0.4 is 10.6 Å². The average molecular weight is 350 g/mol. The van der Waals surface area contributed by atoms with Gasteiger partial charge in [0.1, 0.15) is 5.60 Å². The fourth-order valence-electron chi connectivity index (χ4n) is 1.96. The van der Waals surface area contributed by atoms with Crippen LogP contribution in [0.15, 0.2) is 18.2 Å². The molecular formula is C18H26N2O5. The van der Waals surface area contributed by atoms with Gasteiger partial charge < -0.3 is 14.8 Å². The number of carbonyl (C=O) groups is 3. The van der Waals surface area contributed by atoms with E-state index in [4.69, 9.17) is 9.47 Å². The van der Waals surface area contributed by atoms with E-state index in [1.807, 2.05) is 26.0 Å². The monoisotopic (exact) mass is 350 g/mol. The Labute approximate surface area is 148 Å². The number of hydrogen-bond acceptors (Lipinski definition) is 5. The van der Waals surface area contributed by atoms with E-state index < -0.39 is 29.6 Å². The number of rotatable bonds is 5. The molecule has 0 fully saturated rings. The number of aryl methyl sites for hydroxylation is 2. The fourth-order valence-corrected chi connectivity index (χ4v) is 1.96. The molecule has 1 aromatic rings. The average Bonchev–Trinajstić information content (AvgIpc) is 2.46. The highest BCUT2D eigenvalue weighted by molar-refractivity contribution is 6.10. The SMILES string of the molecule is CCOC(=O)[C@H](NC(=O)OC(C)(C)C)C(=O)Nc1cc(C)ccc1C. The molecule has 0 spiro atoms. The smallest absolute Gasteiger partial charge is 0.408 e. The summed E-state index contributed by atoms with van der Waals surface area (Å²) in [5.74, 6) is -1.55. The first-order chi connectivity index (χ1) is 11.5. The summed E-state index contributed by atoms with van der Waals surface area (Å²) in [6, 6.07) is 4.04. The molecule has 0 aliphatic carbocycles. The predicted octanol–water partition coefficient (Wildman–Crippen LogP) is 2.70. The van der Waals surface area contributed by atoms with Crippen LogP contribution in [-0.4, -0.2) is 36.2 Å². The molecule has 138 valence electrons. The van der Waals surface area contributed by atoms with Crippen LogP contribution in [0.3, 0.4) is 0 Å². The molecule has 1 rings (SSSR count). The van der Waals surface area contributed by atoms with E-state index in [9.17, 15) is 14.4 Å². The highest BCUT2D eigenvalue weighted by Crippen LogP contribution is 2.17. The van der Waals surface area contributed by atoms with Crippen molar-refractivity contribution in [2.45, 2.75) is 53.2 Å². The zero-order valence-corrected chi connectivity index (χ0v) is 15.6. The summed E-state index contributed by atoms with van der Waals surface area (Å²) in [7, 11) is 0. The molecule has 7 heteroatoms. The van der Waals surface area contributed by atoms with Crippen LogP contribution in [0.2, 0.25) is 0 Å². The van der Waals surface area contributed by atoms with E-state index in [1.165, 1.54) is 0 Å². The Balaban J connectivity index is 2.94. The van der Waals surface area contributed by atoms with Gasteiger partial charge in [-0.1, -0.05) is 12.1 Å². The molecule has 0 saturated heterocycles. The topological polar surface area (TPSA) is 93.7 Å². The molecule has 0 aliphatic heterocycles. The van der Waals surface area contributed by atoms with Gasteiger partial charge in [0.15, 0.2) is 0 Å². The number of ether oxygens (including phenoxy) is 2. The molecule has 0 aromatic heterocycles. The minimum absolute atomic E-state index is 0.0854. The van der Waals surface area contributed by atoms with Crippen molar-refractivity contribution in [3.05, 3.63) is 29.3 Å². The van der Waals surface area contributed by atoms with Gasteiger partial charge in [0, 0.05) is 5.69 Å². The minimum Gasteiger partial charge on any atom is -0.464 e. The molecule has 0 bridgehead atoms. The molecular weight excluding hydrogens is 324 g/mol. The maximum Gasteiger partial charge on any atom is 0.408 e. The van der Waals surface area contributed by atoms with E-state index in [-0.39, 0.29) is 6.61 Å². The lowest BCUT2D eigenvalue weighted by molar-refractivity contribution is -0.148. The van der Waals surface area contributed by atoms with Gasteiger partial charge in [-0.25, -0.2) is 9.59 Å². The molecule has 0 radical (unpaired) electrons. The Bertz CT molecular complexity index is 649. The Morgan fingerprint density at radius 1 is 1.16 bits per heavy atom. The van der Waals surface area contributed by atoms with Crippen molar-refractivity contribution in [3.8, 4) is 0 Å². The standard InChI is InChI=1S/C18H26N2O5/c1-7-24-16(22)14(20-17(23)25-18(4,5)6)15(21)19-13-10-11(2)8-9-12(13)3/h8-10,14H,7H2,1-6H3,(H,19,21)(H,20,23)/t14-/m1/s1. The van der Waals surface area contributed by atoms with Crippen molar-refractivity contribution < 1.29 is 23.9 Å². The van der Waals surface area contributed by atoms with Crippen LogP contribution in [-0.2, 0) is 19.1 Å². The molecule has 25 heavy (non-hydrogen) atoms. The number of alkyl carbamates (subject to hydrolysis) is 1. The van der Waals surface area contributed by atoms with Gasteiger partial charge in [-0.3, -0.25) is 10.1 Å². The molecule has 0 heterocycles.